The fourth-order valence-corrected chi connectivity index (χ4v) is 2.30. The van der Waals surface area contributed by atoms with Crippen LogP contribution < -0.4 is 0 Å². The third-order valence-corrected chi connectivity index (χ3v) is 3.59. The number of unbranched alkanes of at least 4 members (excludes halogenated alkanes) is 1. The fraction of sp³-hybridized carbons (Fsp3) is 0.167. The molecule has 0 heterocycles. The summed E-state index contributed by atoms with van der Waals surface area (Å²) in [5.41, 5.74) is 1.94. The summed E-state index contributed by atoms with van der Waals surface area (Å²) < 4.78 is 10.7. The van der Waals surface area contributed by atoms with Gasteiger partial charge in [-0.15, -0.1) is 0 Å². The van der Waals surface area contributed by atoms with Crippen LogP contribution in [0.3, 0.4) is 0 Å². The molecule has 3 nitrogen and oxygen atoms in total. The molecule has 0 aliphatic carbocycles. The average Bonchev–Trinajstić information content (AvgIpc) is 2.73. The second-order valence-electron chi connectivity index (χ2n) is 5.38. The van der Waals surface area contributed by atoms with Gasteiger partial charge in [0.15, 0.2) is 5.76 Å². The van der Waals surface area contributed by atoms with Gasteiger partial charge in [-0.2, -0.15) is 0 Å². The molecule has 0 unspecified atom stereocenters. The maximum Gasteiger partial charge on any atom is 0.214 e. The van der Waals surface area contributed by atoms with Gasteiger partial charge in [-0.3, -0.25) is 0 Å². The zero-order chi connectivity index (χ0) is 19.3. The topological polar surface area (TPSA) is 35.5 Å². The molecule has 0 aromatic heterocycles. The van der Waals surface area contributed by atoms with Crippen LogP contribution in [0.2, 0.25) is 0 Å². The third kappa shape index (κ3) is 5.98. The van der Waals surface area contributed by atoms with Crippen molar-refractivity contribution in [1.29, 1.82) is 0 Å². The normalized spacial score (nSPS) is 10.1. The highest BCUT2D eigenvalue weighted by atomic mass is 16.5. The van der Waals surface area contributed by atoms with E-state index in [1.165, 1.54) is 14.2 Å². The highest BCUT2D eigenvalue weighted by molar-refractivity contribution is 5.96. The SMILES string of the molecule is CO/C(C#CCCC#Cc1ccccc1)=C(\OC)C(=C=O)c1ccccc1. The van der Waals surface area contributed by atoms with Crippen LogP contribution in [-0.4, -0.2) is 20.2 Å². The molecule has 27 heavy (non-hydrogen) atoms. The number of allylic oxidation sites excluding steroid dienone is 2. The van der Waals surface area contributed by atoms with Crippen molar-refractivity contribution in [3.8, 4) is 23.7 Å². The van der Waals surface area contributed by atoms with Crippen LogP contribution in [0.4, 0.5) is 0 Å². The zero-order valence-electron chi connectivity index (χ0n) is 15.4. The molecule has 0 saturated heterocycles. The summed E-state index contributed by atoms with van der Waals surface area (Å²) in [6.07, 6.45) is 1.21. The molecule has 0 fully saturated rings. The fourth-order valence-electron chi connectivity index (χ4n) is 2.30. The monoisotopic (exact) mass is 356 g/mol. The smallest absolute Gasteiger partial charge is 0.214 e. The highest BCUT2D eigenvalue weighted by Crippen LogP contribution is 2.23. The summed E-state index contributed by atoms with van der Waals surface area (Å²) in [5.74, 6) is 14.6. The summed E-state index contributed by atoms with van der Waals surface area (Å²) in [4.78, 5) is 11.5. The molecular formula is C24H20O3. The van der Waals surface area contributed by atoms with Crippen molar-refractivity contribution in [2.45, 2.75) is 12.8 Å². The average molecular weight is 356 g/mol. The van der Waals surface area contributed by atoms with Crippen molar-refractivity contribution >= 4 is 11.5 Å². The van der Waals surface area contributed by atoms with Gasteiger partial charge in [0.25, 0.3) is 0 Å². The summed E-state index contributed by atoms with van der Waals surface area (Å²) in [7, 11) is 2.97. The van der Waals surface area contributed by atoms with Gasteiger partial charge in [0.1, 0.15) is 11.5 Å². The molecule has 0 bridgehead atoms. The van der Waals surface area contributed by atoms with Crippen LogP contribution >= 0.6 is 0 Å². The molecular weight excluding hydrogens is 336 g/mol. The first kappa shape index (κ1) is 19.7. The number of rotatable bonds is 5. The number of carbonyl (C=O) groups excluding carboxylic acids is 1. The van der Waals surface area contributed by atoms with Crippen molar-refractivity contribution in [1.82, 2.24) is 0 Å². The lowest BCUT2D eigenvalue weighted by atomic mass is 10.0. The van der Waals surface area contributed by atoms with Crippen LogP contribution in [0.5, 0.6) is 0 Å². The van der Waals surface area contributed by atoms with Gasteiger partial charge in [0.2, 0.25) is 5.76 Å². The Labute approximate surface area is 160 Å². The minimum atomic E-state index is 0.265. The molecule has 0 atom stereocenters. The van der Waals surface area contributed by atoms with Crippen LogP contribution in [0.25, 0.3) is 5.57 Å². The van der Waals surface area contributed by atoms with E-state index in [4.69, 9.17) is 9.47 Å². The van der Waals surface area contributed by atoms with Gasteiger partial charge in [0.05, 0.1) is 14.2 Å². The Bertz CT molecular complexity index is 943. The predicted octanol–water partition coefficient (Wildman–Crippen LogP) is 4.24. The zero-order valence-corrected chi connectivity index (χ0v) is 15.4. The Kier molecular flexibility index (Phi) is 8.06. The molecule has 0 aliphatic rings. The number of methoxy groups -OCH3 is 2. The van der Waals surface area contributed by atoms with E-state index in [0.717, 1.165) is 5.56 Å². The van der Waals surface area contributed by atoms with Crippen molar-refractivity contribution in [2.24, 2.45) is 0 Å². The summed E-state index contributed by atoms with van der Waals surface area (Å²) in [6.45, 7) is 0. The molecule has 2 rings (SSSR count). The van der Waals surface area contributed by atoms with Gasteiger partial charge in [0, 0.05) is 18.4 Å². The minimum absolute atomic E-state index is 0.265. The maximum atomic E-state index is 11.5. The summed E-state index contributed by atoms with van der Waals surface area (Å²) in [6, 6.07) is 19.0. The molecule has 0 radical (unpaired) electrons. The lowest BCUT2D eigenvalue weighted by Crippen LogP contribution is -2.00. The first-order valence-electron chi connectivity index (χ1n) is 8.46. The number of hydrogen-bond acceptors (Lipinski definition) is 3. The molecule has 0 saturated carbocycles. The minimum Gasteiger partial charge on any atom is -0.491 e. The van der Waals surface area contributed by atoms with Crippen molar-refractivity contribution in [3.05, 3.63) is 83.3 Å². The first-order chi connectivity index (χ1) is 13.3. The molecule has 0 amide bonds. The second kappa shape index (κ2) is 11.1. The number of benzene rings is 2. The lowest BCUT2D eigenvalue weighted by molar-refractivity contribution is 0.247. The Balaban J connectivity index is 2.13. The van der Waals surface area contributed by atoms with Crippen molar-refractivity contribution < 1.29 is 14.3 Å². The molecule has 0 aliphatic heterocycles. The molecule has 2 aromatic rings. The quantitative estimate of drug-likeness (QED) is 0.264. The van der Waals surface area contributed by atoms with E-state index in [2.05, 4.69) is 23.7 Å². The van der Waals surface area contributed by atoms with Gasteiger partial charge < -0.3 is 9.47 Å². The molecule has 134 valence electrons. The summed E-state index contributed by atoms with van der Waals surface area (Å²) in [5, 5.41) is 0. The number of hydrogen-bond donors (Lipinski definition) is 0. The summed E-state index contributed by atoms with van der Waals surface area (Å²) >= 11 is 0. The van der Waals surface area contributed by atoms with Gasteiger partial charge in [-0.1, -0.05) is 66.3 Å². The van der Waals surface area contributed by atoms with E-state index in [9.17, 15) is 4.79 Å². The molecule has 3 heteroatoms. The molecule has 0 N–H and O–H groups in total. The Morgan fingerprint density at radius 1 is 0.852 bits per heavy atom. The highest BCUT2D eigenvalue weighted by Gasteiger charge is 2.15. The molecule has 2 aromatic carbocycles. The largest absolute Gasteiger partial charge is 0.491 e. The Morgan fingerprint density at radius 3 is 2.07 bits per heavy atom. The predicted molar refractivity (Wildman–Crippen MR) is 107 cm³/mol. The van der Waals surface area contributed by atoms with E-state index >= 15 is 0 Å². The first-order valence-corrected chi connectivity index (χ1v) is 8.46. The Hall–Kier alpha value is -3.65. The standard InChI is InChI=1S/C24H20O3/c1-26-23(18-12-4-3-7-13-20-14-8-5-9-15-20)24(27-2)22(19-25)21-16-10-6-11-17-21/h5-6,8-11,14-17H,3-4H2,1-2H3/b24-23-. The van der Waals surface area contributed by atoms with E-state index in [-0.39, 0.29) is 17.1 Å². The Morgan fingerprint density at radius 2 is 1.48 bits per heavy atom. The number of ether oxygens (including phenoxy) is 2. The lowest BCUT2D eigenvalue weighted by Gasteiger charge is -2.10. The molecule has 0 spiro atoms. The van der Waals surface area contributed by atoms with Crippen molar-refractivity contribution in [3.63, 3.8) is 0 Å². The van der Waals surface area contributed by atoms with Gasteiger partial charge >= 0.3 is 0 Å². The van der Waals surface area contributed by atoms with Gasteiger partial charge in [-0.05, 0) is 23.6 Å². The van der Waals surface area contributed by atoms with E-state index in [1.54, 1.807) is 12.1 Å². The van der Waals surface area contributed by atoms with Crippen LogP contribution in [0.1, 0.15) is 24.0 Å². The second-order valence-corrected chi connectivity index (χ2v) is 5.38. The maximum absolute atomic E-state index is 11.5. The third-order valence-electron chi connectivity index (χ3n) is 3.59. The van der Waals surface area contributed by atoms with E-state index < -0.39 is 0 Å². The van der Waals surface area contributed by atoms with Crippen LogP contribution in [-0.2, 0) is 14.3 Å². The van der Waals surface area contributed by atoms with E-state index in [1.807, 2.05) is 54.5 Å². The van der Waals surface area contributed by atoms with E-state index in [0.29, 0.717) is 18.4 Å². The van der Waals surface area contributed by atoms with Gasteiger partial charge in [-0.25, -0.2) is 4.79 Å². The van der Waals surface area contributed by atoms with Crippen molar-refractivity contribution in [2.75, 3.05) is 14.2 Å². The van der Waals surface area contributed by atoms with Crippen LogP contribution in [0.15, 0.2) is 72.2 Å². The van der Waals surface area contributed by atoms with Crippen LogP contribution in [0, 0.1) is 23.7 Å².